The van der Waals surface area contributed by atoms with Gasteiger partial charge in [0, 0.05) is 28.5 Å². The molecule has 0 aliphatic heterocycles. The lowest BCUT2D eigenvalue weighted by Crippen LogP contribution is -1.99. The van der Waals surface area contributed by atoms with Crippen molar-refractivity contribution >= 4 is 21.9 Å². The van der Waals surface area contributed by atoms with Crippen LogP contribution in [0.1, 0.15) is 19.4 Å². The van der Waals surface area contributed by atoms with Gasteiger partial charge in [0.1, 0.15) is 16.9 Å². The van der Waals surface area contributed by atoms with Crippen molar-refractivity contribution in [2.24, 2.45) is 0 Å². The number of fused-ring (bicyclic) bond motifs is 2. The molecule has 2 aromatic carbocycles. The largest absolute Gasteiger partial charge is 0.496 e. The van der Waals surface area contributed by atoms with Crippen LogP contribution < -0.4 is 16.0 Å². The number of hydrogen-bond donors (Lipinski definition) is 0. The number of methoxy groups -OCH3 is 1. The minimum absolute atomic E-state index is 0.302. The van der Waals surface area contributed by atoms with Crippen LogP contribution in [0.15, 0.2) is 90.7 Å². The number of hydrogen-bond acceptors (Lipinski definition) is 5. The van der Waals surface area contributed by atoms with Crippen LogP contribution in [0, 0.1) is 0 Å². The minimum Gasteiger partial charge on any atom is -0.496 e. The van der Waals surface area contributed by atoms with E-state index < -0.39 is 0 Å². The maximum absolute atomic E-state index is 11.4. The normalized spacial score (nSPS) is 10.3. The van der Waals surface area contributed by atoms with Crippen molar-refractivity contribution in [2.75, 3.05) is 7.11 Å². The van der Waals surface area contributed by atoms with Gasteiger partial charge in [0.25, 0.3) is 0 Å². The molecule has 5 nitrogen and oxygen atoms in total. The van der Waals surface area contributed by atoms with Crippen molar-refractivity contribution in [3.05, 3.63) is 98.7 Å². The fraction of sp³-hybridized carbons (Fsp3) is 0.167. The zero-order valence-electron chi connectivity index (χ0n) is 16.6. The Morgan fingerprint density at radius 1 is 0.862 bits per heavy atom. The summed E-state index contributed by atoms with van der Waals surface area (Å²) in [7, 11) is 1.62. The van der Waals surface area contributed by atoms with E-state index in [4.69, 9.17) is 13.6 Å². The Morgan fingerprint density at radius 2 is 1.52 bits per heavy atom. The van der Waals surface area contributed by atoms with Gasteiger partial charge < -0.3 is 13.6 Å². The van der Waals surface area contributed by atoms with Crippen molar-refractivity contribution in [1.82, 2.24) is 0 Å². The van der Waals surface area contributed by atoms with Crippen molar-refractivity contribution in [3.8, 4) is 5.75 Å². The molecule has 4 aromatic rings. The van der Waals surface area contributed by atoms with Gasteiger partial charge in [0.15, 0.2) is 0 Å². The van der Waals surface area contributed by atoms with E-state index in [-0.39, 0.29) is 11.3 Å². The third-order valence-corrected chi connectivity index (χ3v) is 4.31. The molecule has 2 aromatic heterocycles. The molecule has 29 heavy (non-hydrogen) atoms. The van der Waals surface area contributed by atoms with Gasteiger partial charge in [-0.05, 0) is 50.6 Å². The van der Waals surface area contributed by atoms with Crippen LogP contribution >= 0.6 is 0 Å². The molecule has 0 radical (unpaired) electrons. The summed E-state index contributed by atoms with van der Waals surface area (Å²) in [5.74, 6) is 0.745. The molecule has 0 atom stereocenters. The fourth-order valence-corrected chi connectivity index (χ4v) is 2.87. The van der Waals surface area contributed by atoms with Gasteiger partial charge in [-0.3, -0.25) is 0 Å². The molecule has 0 unspecified atom stereocenters. The first kappa shape index (κ1) is 20.1. The molecule has 0 aliphatic carbocycles. The standard InChI is InChI=1S/C15H16O3.C9H6O2/c1-10(2)4-7-12-13(17-3)8-5-11-6-9-14(16)18-15(11)12;10-9-6-5-7-3-1-2-4-8(7)11-9/h4-6,8-9H,7H2,1-3H3;1-6H. The van der Waals surface area contributed by atoms with Crippen molar-refractivity contribution in [1.29, 1.82) is 0 Å². The molecular weight excluding hydrogens is 368 g/mol. The van der Waals surface area contributed by atoms with Crippen molar-refractivity contribution in [2.45, 2.75) is 20.3 Å². The summed E-state index contributed by atoms with van der Waals surface area (Å²) in [6, 6.07) is 17.6. The highest BCUT2D eigenvalue weighted by molar-refractivity contribution is 5.82. The second kappa shape index (κ2) is 9.06. The highest BCUT2D eigenvalue weighted by atomic mass is 16.5. The Balaban J connectivity index is 0.000000186. The van der Waals surface area contributed by atoms with Crippen LogP contribution in [0.4, 0.5) is 0 Å². The topological polar surface area (TPSA) is 69.7 Å². The van der Waals surface area contributed by atoms with E-state index in [0.717, 1.165) is 22.1 Å². The monoisotopic (exact) mass is 390 g/mol. The first-order chi connectivity index (χ1) is 14.0. The summed E-state index contributed by atoms with van der Waals surface area (Å²) in [4.78, 5) is 22.1. The second-order valence-electron chi connectivity index (χ2n) is 6.70. The molecule has 0 spiro atoms. The highest BCUT2D eigenvalue weighted by Crippen LogP contribution is 2.28. The van der Waals surface area contributed by atoms with Crippen LogP contribution in [-0.4, -0.2) is 7.11 Å². The Bertz CT molecular complexity index is 1270. The zero-order valence-corrected chi connectivity index (χ0v) is 16.6. The molecule has 0 bridgehead atoms. The fourth-order valence-electron chi connectivity index (χ4n) is 2.87. The molecule has 0 amide bonds. The number of benzene rings is 2. The summed E-state index contributed by atoms with van der Waals surface area (Å²) in [6.45, 7) is 4.07. The predicted octanol–water partition coefficient (Wildman–Crippen LogP) is 5.10. The summed E-state index contributed by atoms with van der Waals surface area (Å²) in [5, 5.41) is 1.86. The summed E-state index contributed by atoms with van der Waals surface area (Å²) < 4.78 is 15.5. The van der Waals surface area contributed by atoms with Crippen molar-refractivity contribution in [3.63, 3.8) is 0 Å². The zero-order chi connectivity index (χ0) is 20.8. The van der Waals surface area contributed by atoms with Gasteiger partial charge in [-0.1, -0.05) is 29.8 Å². The number of para-hydroxylation sites is 1. The van der Waals surface area contributed by atoms with Gasteiger partial charge >= 0.3 is 11.3 Å². The van der Waals surface area contributed by atoms with Crippen LogP contribution in [0.3, 0.4) is 0 Å². The van der Waals surface area contributed by atoms with Crippen LogP contribution in [-0.2, 0) is 6.42 Å². The van der Waals surface area contributed by atoms with Gasteiger partial charge in [-0.25, -0.2) is 9.59 Å². The first-order valence-electron chi connectivity index (χ1n) is 9.20. The molecular formula is C24H22O5. The van der Waals surface area contributed by atoms with E-state index in [9.17, 15) is 9.59 Å². The van der Waals surface area contributed by atoms with E-state index in [2.05, 4.69) is 6.08 Å². The summed E-state index contributed by atoms with van der Waals surface area (Å²) in [5.41, 5.74) is 2.73. The third kappa shape index (κ3) is 5.02. The Hall–Kier alpha value is -3.60. The molecule has 0 fully saturated rings. The summed E-state index contributed by atoms with van der Waals surface area (Å²) >= 11 is 0. The van der Waals surface area contributed by atoms with E-state index in [1.165, 1.54) is 17.7 Å². The lowest BCUT2D eigenvalue weighted by molar-refractivity contribution is 0.409. The van der Waals surface area contributed by atoms with Crippen LogP contribution in [0.5, 0.6) is 5.75 Å². The van der Waals surface area contributed by atoms with Crippen LogP contribution in [0.2, 0.25) is 0 Å². The lowest BCUT2D eigenvalue weighted by Gasteiger charge is -2.09. The third-order valence-electron chi connectivity index (χ3n) is 4.31. The SMILES string of the molecule is COc1ccc2ccc(=O)oc2c1CC=C(C)C.O=c1ccc2ccccc2o1. The van der Waals surface area contributed by atoms with Gasteiger partial charge in [-0.15, -0.1) is 0 Å². The Labute approximate surface area is 167 Å². The van der Waals surface area contributed by atoms with E-state index in [1.54, 1.807) is 25.3 Å². The maximum atomic E-state index is 11.4. The lowest BCUT2D eigenvalue weighted by atomic mass is 10.1. The maximum Gasteiger partial charge on any atom is 0.336 e. The van der Waals surface area contributed by atoms with Gasteiger partial charge in [-0.2, -0.15) is 0 Å². The van der Waals surface area contributed by atoms with Gasteiger partial charge in [0.2, 0.25) is 0 Å². The smallest absolute Gasteiger partial charge is 0.336 e. The van der Waals surface area contributed by atoms with Gasteiger partial charge in [0.05, 0.1) is 7.11 Å². The Morgan fingerprint density at radius 3 is 2.24 bits per heavy atom. The molecule has 4 rings (SSSR count). The average molecular weight is 390 g/mol. The Kier molecular flexibility index (Phi) is 6.29. The molecule has 0 saturated carbocycles. The molecule has 5 heteroatoms. The molecule has 2 heterocycles. The van der Waals surface area contributed by atoms with E-state index in [0.29, 0.717) is 17.6 Å². The van der Waals surface area contributed by atoms with E-state index >= 15 is 0 Å². The molecule has 148 valence electrons. The first-order valence-corrected chi connectivity index (χ1v) is 9.20. The average Bonchev–Trinajstić information content (AvgIpc) is 2.72. The number of rotatable bonds is 3. The van der Waals surface area contributed by atoms with E-state index in [1.807, 2.05) is 44.2 Å². The quantitative estimate of drug-likeness (QED) is 0.359. The van der Waals surface area contributed by atoms with Crippen molar-refractivity contribution < 1.29 is 13.6 Å². The predicted molar refractivity (Wildman–Crippen MR) is 115 cm³/mol. The second-order valence-corrected chi connectivity index (χ2v) is 6.70. The summed E-state index contributed by atoms with van der Waals surface area (Å²) in [6.07, 6.45) is 2.78. The van der Waals surface area contributed by atoms with Crippen LogP contribution in [0.25, 0.3) is 21.9 Å². The molecule has 0 saturated heterocycles. The highest BCUT2D eigenvalue weighted by Gasteiger charge is 2.09. The number of ether oxygens (including phenoxy) is 1. The minimum atomic E-state index is -0.339. The number of allylic oxidation sites excluding steroid dienone is 2. The molecule has 0 aliphatic rings. The molecule has 0 N–H and O–H groups in total.